The van der Waals surface area contributed by atoms with Crippen molar-refractivity contribution in [1.82, 2.24) is 25.3 Å². The number of benzene rings is 1. The van der Waals surface area contributed by atoms with Gasteiger partial charge in [0.2, 0.25) is 5.95 Å². The van der Waals surface area contributed by atoms with Gasteiger partial charge in [-0.2, -0.15) is 4.98 Å². The summed E-state index contributed by atoms with van der Waals surface area (Å²) >= 11 is 0. The number of nitrogens with zero attached hydrogens (tertiary/aromatic N) is 3. The highest BCUT2D eigenvalue weighted by atomic mass is 16.4. The van der Waals surface area contributed by atoms with Gasteiger partial charge in [0.1, 0.15) is 18.1 Å². The number of carboxylic acid groups (broad SMARTS) is 4. The van der Waals surface area contributed by atoms with Crippen molar-refractivity contribution < 1.29 is 49.5 Å². The highest BCUT2D eigenvalue weighted by molar-refractivity contribution is 5.97. The van der Waals surface area contributed by atoms with Crippen LogP contribution in [0.5, 0.6) is 0 Å². The van der Waals surface area contributed by atoms with Crippen molar-refractivity contribution in [2.75, 3.05) is 17.7 Å². The van der Waals surface area contributed by atoms with Gasteiger partial charge >= 0.3 is 23.9 Å². The monoisotopic (exact) mass is 677 g/mol. The van der Waals surface area contributed by atoms with Gasteiger partial charge in [0.05, 0.1) is 25.0 Å². The molecule has 0 aliphatic carbocycles. The maximum absolute atomic E-state index is 12.3. The van der Waals surface area contributed by atoms with Crippen LogP contribution in [-0.2, 0) is 25.7 Å². The zero-order chi connectivity index (χ0) is 36.6. The first-order valence-electron chi connectivity index (χ1n) is 14.2. The molecule has 0 unspecified atom stereocenters. The lowest BCUT2D eigenvalue weighted by molar-refractivity contribution is -0.141. The number of aliphatic hydroxyl groups is 1. The summed E-state index contributed by atoms with van der Waals surface area (Å²) in [5.74, 6) is -5.17. The van der Waals surface area contributed by atoms with Crippen LogP contribution >= 0.6 is 0 Å². The Hall–Kier alpha value is -5.73. The number of aliphatic hydroxyl groups excluding tert-OH is 1. The number of H-pyrrole nitrogens is 1. The Kier molecular flexibility index (Phi) is 16.5. The molecule has 3 aromatic rings. The van der Waals surface area contributed by atoms with E-state index in [1.807, 2.05) is 13.8 Å². The SMILES string of the molecule is CC[C@H](C)[C@H](N)C(=O)O.N[C@@H](CO)C(=O)O.Nc1nc2ncc(CNc3ccc(C(=O)N[C@@H](CCC(=O)O)C(=O)O)cc3)nc2c(=O)[nH]1. The number of amides is 1. The fourth-order valence-corrected chi connectivity index (χ4v) is 3.33. The molecule has 0 aliphatic rings. The fourth-order valence-electron chi connectivity index (χ4n) is 3.33. The van der Waals surface area contributed by atoms with Crippen LogP contribution in [0, 0.1) is 5.92 Å². The van der Waals surface area contributed by atoms with E-state index in [9.17, 15) is 28.8 Å². The molecule has 2 heterocycles. The van der Waals surface area contributed by atoms with E-state index in [0.29, 0.717) is 11.4 Å². The third-order valence-electron chi connectivity index (χ3n) is 6.41. The zero-order valence-corrected chi connectivity index (χ0v) is 26.0. The lowest BCUT2D eigenvalue weighted by atomic mass is 10.0. The summed E-state index contributed by atoms with van der Waals surface area (Å²) in [4.78, 5) is 80.4. The van der Waals surface area contributed by atoms with Crippen LogP contribution in [0.25, 0.3) is 11.2 Å². The molecule has 0 aliphatic heterocycles. The van der Waals surface area contributed by atoms with Gasteiger partial charge in [0, 0.05) is 17.7 Å². The third kappa shape index (κ3) is 13.7. The molecule has 0 bridgehead atoms. The molecule has 48 heavy (non-hydrogen) atoms. The number of nitrogens with one attached hydrogen (secondary N) is 3. The van der Waals surface area contributed by atoms with Gasteiger partial charge in [-0.05, 0) is 36.6 Å². The minimum absolute atomic E-state index is 0.0524. The highest BCUT2D eigenvalue weighted by Crippen LogP contribution is 2.12. The molecule has 1 amide bonds. The second kappa shape index (κ2) is 19.7. The lowest BCUT2D eigenvalue weighted by Gasteiger charge is -2.14. The molecule has 0 saturated carbocycles. The van der Waals surface area contributed by atoms with Gasteiger partial charge < -0.3 is 53.4 Å². The Morgan fingerprint density at radius 1 is 0.958 bits per heavy atom. The fraction of sp³-hybridized carbons (Fsp3) is 0.393. The van der Waals surface area contributed by atoms with Gasteiger partial charge in [-0.25, -0.2) is 14.8 Å². The van der Waals surface area contributed by atoms with Gasteiger partial charge in [-0.1, -0.05) is 20.3 Å². The number of rotatable bonds is 14. The number of hydrogen-bond acceptors (Lipinski definition) is 14. The number of fused-ring (bicyclic) bond motifs is 1. The van der Waals surface area contributed by atoms with Crippen molar-refractivity contribution in [2.45, 2.75) is 57.8 Å². The second-order valence-electron chi connectivity index (χ2n) is 10.1. The number of nitrogen functional groups attached to an aromatic ring is 1. The van der Waals surface area contributed by atoms with Crippen molar-refractivity contribution >= 4 is 52.6 Å². The molecule has 0 fully saturated rings. The minimum Gasteiger partial charge on any atom is -0.481 e. The number of anilines is 2. The quantitative estimate of drug-likeness (QED) is 0.0952. The van der Waals surface area contributed by atoms with E-state index in [2.05, 4.69) is 30.6 Å². The number of carbonyl (C=O) groups excluding carboxylic acids is 1. The summed E-state index contributed by atoms with van der Waals surface area (Å²) < 4.78 is 0. The summed E-state index contributed by atoms with van der Waals surface area (Å²) in [5, 5.41) is 47.5. The molecule has 0 saturated heterocycles. The smallest absolute Gasteiger partial charge is 0.326 e. The van der Waals surface area contributed by atoms with Crippen molar-refractivity contribution in [3.05, 3.63) is 52.1 Å². The largest absolute Gasteiger partial charge is 0.481 e. The summed E-state index contributed by atoms with van der Waals surface area (Å²) in [7, 11) is 0. The number of aromatic nitrogens is 4. The van der Waals surface area contributed by atoms with Gasteiger partial charge in [-0.15, -0.1) is 0 Å². The van der Waals surface area contributed by atoms with Crippen LogP contribution in [-0.4, -0.2) is 100.0 Å². The Labute approximate surface area is 272 Å². The van der Waals surface area contributed by atoms with Crippen LogP contribution in [0.15, 0.2) is 35.3 Å². The maximum atomic E-state index is 12.3. The number of aliphatic carboxylic acids is 4. The standard InChI is InChI=1S/C19H19N7O6.C6H13NO2.C3H7NO3/c20-19-25-15-14(17(30)26-19)23-11(8-22-15)7-21-10-3-1-9(2-4-10)16(29)24-12(18(31)32)5-6-13(27)28;1-3-4(2)5(7)6(8)9;4-2(1-5)3(6)7/h1-4,8,12,21H,5-7H2,(H,24,29)(H,27,28)(H,31,32)(H3,20,22,25,26,30);4-5H,3,7H2,1-2H3,(H,8,9);2,5H,1,4H2,(H,6,7)/t12-;4-,5-;2-/m000/s1. The number of aromatic amines is 1. The molecule has 3 rings (SSSR count). The highest BCUT2D eigenvalue weighted by Gasteiger charge is 2.21. The van der Waals surface area contributed by atoms with E-state index in [1.54, 1.807) is 12.1 Å². The van der Waals surface area contributed by atoms with E-state index < -0.39 is 60.1 Å². The second-order valence-corrected chi connectivity index (χ2v) is 10.1. The maximum Gasteiger partial charge on any atom is 0.326 e. The Morgan fingerprint density at radius 3 is 2.04 bits per heavy atom. The molecular formula is C28H39N9O11. The molecule has 14 N–H and O–H groups in total. The van der Waals surface area contributed by atoms with Gasteiger partial charge in [0.15, 0.2) is 11.2 Å². The number of carboxylic acids is 4. The van der Waals surface area contributed by atoms with Crippen LogP contribution in [0.1, 0.15) is 49.2 Å². The molecule has 20 heteroatoms. The van der Waals surface area contributed by atoms with Crippen LogP contribution in [0.2, 0.25) is 0 Å². The van der Waals surface area contributed by atoms with E-state index in [1.165, 1.54) is 18.3 Å². The first kappa shape index (κ1) is 40.3. The molecule has 0 spiro atoms. The van der Waals surface area contributed by atoms with E-state index in [4.69, 9.17) is 42.7 Å². The number of carbonyl (C=O) groups is 5. The van der Waals surface area contributed by atoms with Crippen LogP contribution < -0.4 is 33.4 Å². The topological polar surface area (TPSA) is 360 Å². The average molecular weight is 678 g/mol. The number of hydrogen-bond donors (Lipinski definition) is 11. The normalized spacial score (nSPS) is 12.9. The van der Waals surface area contributed by atoms with Crippen molar-refractivity contribution in [1.29, 1.82) is 0 Å². The average Bonchev–Trinajstić information content (AvgIpc) is 3.04. The van der Waals surface area contributed by atoms with E-state index in [-0.39, 0.29) is 48.0 Å². The first-order chi connectivity index (χ1) is 22.5. The number of nitrogens with two attached hydrogens (primary N) is 3. The molecule has 0 radical (unpaired) electrons. The molecule has 20 nitrogen and oxygen atoms in total. The molecule has 262 valence electrons. The van der Waals surface area contributed by atoms with E-state index in [0.717, 1.165) is 6.42 Å². The predicted molar refractivity (Wildman–Crippen MR) is 170 cm³/mol. The van der Waals surface area contributed by atoms with Crippen LogP contribution in [0.4, 0.5) is 11.6 Å². The lowest BCUT2D eigenvalue weighted by Crippen LogP contribution is -2.41. The minimum atomic E-state index is -1.31. The van der Waals surface area contributed by atoms with E-state index >= 15 is 0 Å². The van der Waals surface area contributed by atoms with Crippen molar-refractivity contribution in [3.63, 3.8) is 0 Å². The third-order valence-corrected chi connectivity index (χ3v) is 6.41. The molecule has 2 aromatic heterocycles. The van der Waals surface area contributed by atoms with Crippen molar-refractivity contribution in [3.8, 4) is 0 Å². The Bertz CT molecular complexity index is 1620. The summed E-state index contributed by atoms with van der Waals surface area (Å²) in [5.41, 5.74) is 16.5. The van der Waals surface area contributed by atoms with Gasteiger partial charge in [-0.3, -0.25) is 29.0 Å². The molecule has 1 aromatic carbocycles. The first-order valence-corrected chi connectivity index (χ1v) is 14.2. The Morgan fingerprint density at radius 2 is 1.58 bits per heavy atom. The predicted octanol–water partition coefficient (Wildman–Crippen LogP) is -1.21. The van der Waals surface area contributed by atoms with Crippen LogP contribution in [0.3, 0.4) is 0 Å². The summed E-state index contributed by atoms with van der Waals surface area (Å²) in [6.45, 7) is 3.48. The zero-order valence-electron chi connectivity index (χ0n) is 26.0. The summed E-state index contributed by atoms with van der Waals surface area (Å²) in [6, 6.07) is 3.04. The molecular weight excluding hydrogens is 638 g/mol. The Balaban J connectivity index is 0.000000594. The van der Waals surface area contributed by atoms with Crippen molar-refractivity contribution in [2.24, 2.45) is 17.4 Å². The van der Waals surface area contributed by atoms with Gasteiger partial charge in [0.25, 0.3) is 11.5 Å². The molecule has 4 atom stereocenters. The summed E-state index contributed by atoms with van der Waals surface area (Å²) in [6.07, 6.45) is 1.65.